The van der Waals surface area contributed by atoms with E-state index in [1.165, 1.54) is 12.1 Å². The van der Waals surface area contributed by atoms with Crippen molar-refractivity contribution in [3.8, 4) is 0 Å². The molecule has 3 N–H and O–H groups in total. The molecule has 5 heteroatoms. The first-order chi connectivity index (χ1) is 11.4. The maximum atomic E-state index is 13.0. The first-order valence-electron chi connectivity index (χ1n) is 8.84. The standard InChI is InChI=1S/C19H29FN2O2/c1-13(2)11-22(19(24)15-4-3-5-17(21)10-15)12-18(23)14-6-8-16(20)9-7-14/h6-9,13,15,17-18,23H,3-5,10-12,21H2,1-2H3. The summed E-state index contributed by atoms with van der Waals surface area (Å²) in [4.78, 5) is 14.7. The van der Waals surface area contributed by atoms with Crippen LogP contribution in [0.4, 0.5) is 4.39 Å². The number of aliphatic hydroxyl groups excluding tert-OH is 1. The van der Waals surface area contributed by atoms with E-state index in [9.17, 15) is 14.3 Å². The first kappa shape index (κ1) is 18.9. The van der Waals surface area contributed by atoms with Gasteiger partial charge in [-0.3, -0.25) is 4.79 Å². The topological polar surface area (TPSA) is 66.6 Å². The number of amides is 1. The lowest BCUT2D eigenvalue weighted by Crippen LogP contribution is -2.43. The van der Waals surface area contributed by atoms with E-state index in [1.54, 1.807) is 17.0 Å². The van der Waals surface area contributed by atoms with Crippen molar-refractivity contribution in [3.05, 3.63) is 35.6 Å². The Morgan fingerprint density at radius 1 is 1.29 bits per heavy atom. The predicted octanol–water partition coefficient (Wildman–Crippen LogP) is 2.86. The smallest absolute Gasteiger partial charge is 0.225 e. The van der Waals surface area contributed by atoms with Crippen molar-refractivity contribution in [2.75, 3.05) is 13.1 Å². The Labute approximate surface area is 143 Å². The minimum atomic E-state index is -0.814. The van der Waals surface area contributed by atoms with E-state index < -0.39 is 6.10 Å². The number of carbonyl (C=O) groups is 1. The molecule has 4 nitrogen and oxygen atoms in total. The van der Waals surface area contributed by atoms with Crippen LogP contribution in [0.25, 0.3) is 0 Å². The lowest BCUT2D eigenvalue weighted by Gasteiger charge is -2.33. The van der Waals surface area contributed by atoms with Gasteiger partial charge >= 0.3 is 0 Å². The number of rotatable bonds is 6. The van der Waals surface area contributed by atoms with Crippen LogP contribution >= 0.6 is 0 Å². The monoisotopic (exact) mass is 336 g/mol. The second kappa shape index (κ2) is 8.58. The molecule has 1 aromatic carbocycles. The van der Waals surface area contributed by atoms with Gasteiger partial charge in [0.2, 0.25) is 5.91 Å². The van der Waals surface area contributed by atoms with Gasteiger partial charge in [-0.2, -0.15) is 0 Å². The number of aliphatic hydroxyl groups is 1. The molecule has 0 aliphatic heterocycles. The summed E-state index contributed by atoms with van der Waals surface area (Å²) < 4.78 is 13.0. The SMILES string of the molecule is CC(C)CN(CC(O)c1ccc(F)cc1)C(=O)C1CCCC(N)C1. The minimum Gasteiger partial charge on any atom is -0.387 e. The summed E-state index contributed by atoms with van der Waals surface area (Å²) in [5.41, 5.74) is 6.64. The van der Waals surface area contributed by atoms with Crippen molar-refractivity contribution in [1.29, 1.82) is 0 Å². The highest BCUT2D eigenvalue weighted by atomic mass is 19.1. The molecular formula is C19H29FN2O2. The molecule has 0 heterocycles. The quantitative estimate of drug-likeness (QED) is 0.839. The van der Waals surface area contributed by atoms with Gasteiger partial charge in [0.05, 0.1) is 12.6 Å². The van der Waals surface area contributed by atoms with E-state index in [4.69, 9.17) is 5.73 Å². The van der Waals surface area contributed by atoms with Crippen molar-refractivity contribution in [3.63, 3.8) is 0 Å². The minimum absolute atomic E-state index is 0.0482. The van der Waals surface area contributed by atoms with Crippen LogP contribution in [0.15, 0.2) is 24.3 Å². The van der Waals surface area contributed by atoms with E-state index in [0.717, 1.165) is 25.7 Å². The van der Waals surface area contributed by atoms with Crippen molar-refractivity contribution >= 4 is 5.91 Å². The van der Waals surface area contributed by atoms with Crippen LogP contribution in [0.2, 0.25) is 0 Å². The fourth-order valence-corrected chi connectivity index (χ4v) is 3.40. The van der Waals surface area contributed by atoms with Crippen LogP contribution in [-0.2, 0) is 4.79 Å². The number of carbonyl (C=O) groups excluding carboxylic acids is 1. The van der Waals surface area contributed by atoms with Crippen LogP contribution in [0.5, 0.6) is 0 Å². The third-order valence-electron chi connectivity index (χ3n) is 4.61. The zero-order valence-corrected chi connectivity index (χ0v) is 14.6. The Bertz CT molecular complexity index is 533. The maximum Gasteiger partial charge on any atom is 0.225 e. The Kier molecular flexibility index (Phi) is 6.75. The molecule has 1 aliphatic carbocycles. The number of halogens is 1. The van der Waals surface area contributed by atoms with Crippen LogP contribution < -0.4 is 5.73 Å². The molecule has 1 fully saturated rings. The molecule has 0 bridgehead atoms. The van der Waals surface area contributed by atoms with Crippen molar-refractivity contribution in [2.45, 2.75) is 51.7 Å². The van der Waals surface area contributed by atoms with Crippen molar-refractivity contribution in [2.24, 2.45) is 17.6 Å². The van der Waals surface area contributed by atoms with Gasteiger partial charge in [-0.05, 0) is 42.9 Å². The fraction of sp³-hybridized carbons (Fsp3) is 0.632. The lowest BCUT2D eigenvalue weighted by atomic mass is 9.85. The summed E-state index contributed by atoms with van der Waals surface area (Å²) in [5.74, 6) is 0.0109. The number of nitrogens with zero attached hydrogens (tertiary/aromatic N) is 1. The van der Waals surface area contributed by atoms with Crippen LogP contribution in [0, 0.1) is 17.7 Å². The summed E-state index contributed by atoms with van der Waals surface area (Å²) in [7, 11) is 0. The average Bonchev–Trinajstić information content (AvgIpc) is 2.53. The molecule has 1 saturated carbocycles. The molecule has 1 amide bonds. The Morgan fingerprint density at radius 2 is 1.96 bits per heavy atom. The first-order valence-corrected chi connectivity index (χ1v) is 8.84. The summed E-state index contributed by atoms with van der Waals surface area (Å²) in [5, 5.41) is 10.5. The average molecular weight is 336 g/mol. The molecule has 1 aliphatic rings. The van der Waals surface area contributed by atoms with E-state index in [2.05, 4.69) is 13.8 Å². The van der Waals surface area contributed by atoms with E-state index in [1.807, 2.05) is 0 Å². The summed E-state index contributed by atoms with van der Waals surface area (Å²) in [6, 6.07) is 5.87. The number of nitrogens with two attached hydrogens (primary N) is 1. The van der Waals surface area contributed by atoms with E-state index in [0.29, 0.717) is 18.0 Å². The third-order valence-corrected chi connectivity index (χ3v) is 4.61. The van der Waals surface area contributed by atoms with Crippen LogP contribution in [-0.4, -0.2) is 35.0 Å². The molecule has 0 radical (unpaired) electrons. The summed E-state index contributed by atoms with van der Waals surface area (Å²) in [6.07, 6.45) is 2.73. The number of benzene rings is 1. The fourth-order valence-electron chi connectivity index (χ4n) is 3.40. The van der Waals surface area contributed by atoms with Crippen molar-refractivity contribution in [1.82, 2.24) is 4.90 Å². The maximum absolute atomic E-state index is 13.0. The molecule has 1 aromatic rings. The van der Waals surface area contributed by atoms with Gasteiger partial charge < -0.3 is 15.7 Å². The second-order valence-electron chi connectivity index (χ2n) is 7.33. The summed E-state index contributed by atoms with van der Waals surface area (Å²) in [6.45, 7) is 4.94. The molecule has 2 rings (SSSR count). The molecular weight excluding hydrogens is 307 g/mol. The van der Waals surface area contributed by atoms with Gasteiger partial charge in [-0.15, -0.1) is 0 Å². The van der Waals surface area contributed by atoms with Crippen LogP contribution in [0.3, 0.4) is 0 Å². The highest BCUT2D eigenvalue weighted by molar-refractivity contribution is 5.79. The third kappa shape index (κ3) is 5.28. The van der Waals surface area contributed by atoms with Crippen LogP contribution in [0.1, 0.15) is 51.2 Å². The van der Waals surface area contributed by atoms with E-state index >= 15 is 0 Å². The Balaban J connectivity index is 2.06. The second-order valence-corrected chi connectivity index (χ2v) is 7.33. The highest BCUT2D eigenvalue weighted by Crippen LogP contribution is 2.26. The zero-order chi connectivity index (χ0) is 17.7. The lowest BCUT2D eigenvalue weighted by molar-refractivity contribution is -0.138. The van der Waals surface area contributed by atoms with Gasteiger partial charge in [0.25, 0.3) is 0 Å². The van der Waals surface area contributed by atoms with Gasteiger partial charge in [0, 0.05) is 18.5 Å². The summed E-state index contributed by atoms with van der Waals surface area (Å²) >= 11 is 0. The predicted molar refractivity (Wildman–Crippen MR) is 92.7 cm³/mol. The van der Waals surface area contributed by atoms with Gasteiger partial charge in [-0.1, -0.05) is 32.4 Å². The van der Waals surface area contributed by atoms with Gasteiger partial charge in [-0.25, -0.2) is 4.39 Å². The Morgan fingerprint density at radius 3 is 2.54 bits per heavy atom. The molecule has 3 atom stereocenters. The Hall–Kier alpha value is -1.46. The molecule has 3 unspecified atom stereocenters. The molecule has 0 aromatic heterocycles. The molecule has 24 heavy (non-hydrogen) atoms. The molecule has 0 saturated heterocycles. The van der Waals surface area contributed by atoms with Gasteiger partial charge in [0.1, 0.15) is 5.82 Å². The van der Waals surface area contributed by atoms with Gasteiger partial charge in [0.15, 0.2) is 0 Å². The van der Waals surface area contributed by atoms with Crippen molar-refractivity contribution < 1.29 is 14.3 Å². The molecule has 134 valence electrons. The largest absolute Gasteiger partial charge is 0.387 e. The highest BCUT2D eigenvalue weighted by Gasteiger charge is 2.30. The zero-order valence-electron chi connectivity index (χ0n) is 14.6. The number of hydrogen-bond acceptors (Lipinski definition) is 3. The molecule has 0 spiro atoms. The number of hydrogen-bond donors (Lipinski definition) is 2. The normalized spacial score (nSPS) is 22.4. The van der Waals surface area contributed by atoms with E-state index in [-0.39, 0.29) is 30.2 Å².